The lowest BCUT2D eigenvalue weighted by Gasteiger charge is -2.29. The topological polar surface area (TPSA) is 81.9 Å². The van der Waals surface area contributed by atoms with Crippen molar-refractivity contribution >= 4 is 5.91 Å². The Morgan fingerprint density at radius 2 is 1.89 bits per heavy atom. The Morgan fingerprint density at radius 3 is 2.59 bits per heavy atom. The zero-order chi connectivity index (χ0) is 18.2. The van der Waals surface area contributed by atoms with Crippen molar-refractivity contribution in [3.63, 3.8) is 0 Å². The van der Waals surface area contributed by atoms with E-state index in [0.29, 0.717) is 11.9 Å². The summed E-state index contributed by atoms with van der Waals surface area (Å²) < 4.78 is 5.82. The average molecular weight is 367 g/mol. The highest BCUT2D eigenvalue weighted by atomic mass is 16.5. The Labute approximate surface area is 158 Å². The van der Waals surface area contributed by atoms with E-state index in [2.05, 4.69) is 20.7 Å². The molecule has 1 amide bonds. The zero-order valence-corrected chi connectivity index (χ0v) is 15.3. The number of hydrogen-bond acceptors (Lipinski definition) is 5. The minimum atomic E-state index is 0.0619. The van der Waals surface area contributed by atoms with Gasteiger partial charge in [0.15, 0.2) is 0 Å². The molecule has 142 valence electrons. The van der Waals surface area contributed by atoms with Crippen molar-refractivity contribution in [2.75, 3.05) is 0 Å². The van der Waals surface area contributed by atoms with Crippen LogP contribution in [0.2, 0.25) is 0 Å². The molecule has 5 rings (SSSR count). The fourth-order valence-electron chi connectivity index (χ4n) is 4.76. The molecular weight excluding hydrogens is 342 g/mol. The second kappa shape index (κ2) is 7.03. The normalized spacial score (nSPS) is 32.5. The predicted octanol–water partition coefficient (Wildman–Crippen LogP) is 2.51. The molecule has 2 bridgehead atoms. The molecule has 3 aliphatic rings. The number of rotatable bonds is 4. The van der Waals surface area contributed by atoms with Gasteiger partial charge in [0.2, 0.25) is 11.7 Å². The SMILES string of the molecule is O=C(NC1CCC(n2nnc(-c3ccccc3)n2)CC1)[C@@H]1C[C@@H]2CC[C@H]1O2. The second-order valence-electron chi connectivity index (χ2n) is 8.03. The second-order valence-corrected chi connectivity index (χ2v) is 8.03. The summed E-state index contributed by atoms with van der Waals surface area (Å²) in [7, 11) is 0. The summed E-state index contributed by atoms with van der Waals surface area (Å²) in [6.07, 6.45) is 7.37. The number of carbonyl (C=O) groups excluding carboxylic acids is 1. The fourth-order valence-corrected chi connectivity index (χ4v) is 4.76. The first kappa shape index (κ1) is 16.9. The Hall–Kier alpha value is -2.28. The minimum Gasteiger partial charge on any atom is -0.374 e. The van der Waals surface area contributed by atoms with Gasteiger partial charge in [0.05, 0.1) is 24.2 Å². The van der Waals surface area contributed by atoms with E-state index >= 15 is 0 Å². The maximum absolute atomic E-state index is 12.6. The number of nitrogens with zero attached hydrogens (tertiary/aromatic N) is 4. The van der Waals surface area contributed by atoms with Gasteiger partial charge in [0.1, 0.15) is 0 Å². The molecule has 7 heteroatoms. The van der Waals surface area contributed by atoms with Crippen LogP contribution in [-0.4, -0.2) is 44.4 Å². The number of fused-ring (bicyclic) bond motifs is 2. The molecule has 1 aromatic heterocycles. The highest BCUT2D eigenvalue weighted by molar-refractivity contribution is 5.80. The molecule has 3 heterocycles. The number of amides is 1. The quantitative estimate of drug-likeness (QED) is 0.898. The molecule has 2 aromatic rings. The Kier molecular flexibility index (Phi) is 4.39. The number of carbonyl (C=O) groups is 1. The van der Waals surface area contributed by atoms with Gasteiger partial charge in [-0.2, -0.15) is 4.80 Å². The third-order valence-electron chi connectivity index (χ3n) is 6.27. The summed E-state index contributed by atoms with van der Waals surface area (Å²) in [6.45, 7) is 0. The highest BCUT2D eigenvalue weighted by Gasteiger charge is 2.44. The molecule has 27 heavy (non-hydrogen) atoms. The van der Waals surface area contributed by atoms with Gasteiger partial charge in [-0.15, -0.1) is 10.2 Å². The molecule has 2 aliphatic heterocycles. The molecule has 1 aliphatic carbocycles. The molecule has 3 fully saturated rings. The van der Waals surface area contributed by atoms with Crippen molar-refractivity contribution in [1.29, 1.82) is 0 Å². The van der Waals surface area contributed by atoms with Crippen LogP contribution in [0.25, 0.3) is 11.4 Å². The van der Waals surface area contributed by atoms with Gasteiger partial charge in [0.25, 0.3) is 0 Å². The van der Waals surface area contributed by atoms with Crippen molar-refractivity contribution in [1.82, 2.24) is 25.5 Å². The lowest BCUT2D eigenvalue weighted by atomic mass is 9.87. The van der Waals surface area contributed by atoms with E-state index in [0.717, 1.165) is 50.5 Å². The first-order chi connectivity index (χ1) is 13.3. The van der Waals surface area contributed by atoms with Crippen LogP contribution < -0.4 is 5.32 Å². The van der Waals surface area contributed by atoms with E-state index < -0.39 is 0 Å². The number of benzene rings is 1. The summed E-state index contributed by atoms with van der Waals surface area (Å²) in [5.74, 6) is 0.921. The molecule has 0 spiro atoms. The van der Waals surface area contributed by atoms with E-state index in [1.165, 1.54) is 0 Å². The number of hydrogen-bond donors (Lipinski definition) is 1. The Morgan fingerprint density at radius 1 is 1.07 bits per heavy atom. The van der Waals surface area contributed by atoms with Crippen LogP contribution in [-0.2, 0) is 9.53 Å². The van der Waals surface area contributed by atoms with Gasteiger partial charge >= 0.3 is 0 Å². The smallest absolute Gasteiger partial charge is 0.226 e. The van der Waals surface area contributed by atoms with Crippen molar-refractivity contribution in [2.45, 2.75) is 69.2 Å². The Balaban J connectivity index is 1.15. The van der Waals surface area contributed by atoms with Gasteiger partial charge in [-0.25, -0.2) is 0 Å². The molecule has 0 radical (unpaired) electrons. The van der Waals surface area contributed by atoms with Crippen molar-refractivity contribution in [3.8, 4) is 11.4 Å². The van der Waals surface area contributed by atoms with Crippen LogP contribution in [0.3, 0.4) is 0 Å². The number of nitrogens with one attached hydrogen (secondary N) is 1. The summed E-state index contributed by atoms with van der Waals surface area (Å²) >= 11 is 0. The average Bonchev–Trinajstić information content (AvgIpc) is 3.46. The predicted molar refractivity (Wildman–Crippen MR) is 98.7 cm³/mol. The van der Waals surface area contributed by atoms with Crippen molar-refractivity contribution < 1.29 is 9.53 Å². The molecule has 0 unspecified atom stereocenters. The summed E-state index contributed by atoms with van der Waals surface area (Å²) in [5.41, 5.74) is 0.984. The van der Waals surface area contributed by atoms with E-state index in [4.69, 9.17) is 4.74 Å². The van der Waals surface area contributed by atoms with Gasteiger partial charge in [-0.1, -0.05) is 30.3 Å². The fraction of sp³-hybridized carbons (Fsp3) is 0.600. The monoisotopic (exact) mass is 367 g/mol. The molecule has 1 N–H and O–H groups in total. The van der Waals surface area contributed by atoms with E-state index in [-0.39, 0.29) is 30.0 Å². The van der Waals surface area contributed by atoms with Crippen LogP contribution in [0, 0.1) is 5.92 Å². The third-order valence-corrected chi connectivity index (χ3v) is 6.27. The summed E-state index contributed by atoms with van der Waals surface area (Å²) in [5, 5.41) is 16.3. The largest absolute Gasteiger partial charge is 0.374 e. The molecule has 1 saturated carbocycles. The van der Waals surface area contributed by atoms with Crippen LogP contribution in [0.15, 0.2) is 30.3 Å². The molecule has 1 aromatic carbocycles. The van der Waals surface area contributed by atoms with E-state index in [1.54, 1.807) is 4.80 Å². The lowest BCUT2D eigenvalue weighted by molar-refractivity contribution is -0.127. The molecule has 3 atom stereocenters. The van der Waals surface area contributed by atoms with Gasteiger partial charge in [0, 0.05) is 11.6 Å². The zero-order valence-electron chi connectivity index (χ0n) is 15.3. The van der Waals surface area contributed by atoms with Crippen LogP contribution in [0.1, 0.15) is 51.0 Å². The van der Waals surface area contributed by atoms with Gasteiger partial charge < -0.3 is 10.1 Å². The number of aromatic nitrogens is 4. The van der Waals surface area contributed by atoms with E-state index in [9.17, 15) is 4.79 Å². The van der Waals surface area contributed by atoms with Crippen molar-refractivity contribution in [2.24, 2.45) is 5.92 Å². The Bertz CT molecular complexity index is 800. The van der Waals surface area contributed by atoms with E-state index in [1.807, 2.05) is 30.3 Å². The minimum absolute atomic E-state index is 0.0619. The maximum atomic E-state index is 12.6. The molecule has 7 nitrogen and oxygen atoms in total. The third kappa shape index (κ3) is 3.36. The van der Waals surface area contributed by atoms with Crippen molar-refractivity contribution in [3.05, 3.63) is 30.3 Å². The van der Waals surface area contributed by atoms with Crippen LogP contribution >= 0.6 is 0 Å². The van der Waals surface area contributed by atoms with Crippen LogP contribution in [0.4, 0.5) is 0 Å². The lowest BCUT2D eigenvalue weighted by Crippen LogP contribution is -2.43. The molecule has 2 saturated heterocycles. The highest BCUT2D eigenvalue weighted by Crippen LogP contribution is 2.39. The first-order valence-electron chi connectivity index (χ1n) is 10.1. The number of tetrazole rings is 1. The summed E-state index contributed by atoms with van der Waals surface area (Å²) in [6, 6.07) is 10.4. The van der Waals surface area contributed by atoms with Gasteiger partial charge in [-0.05, 0) is 50.2 Å². The van der Waals surface area contributed by atoms with Crippen LogP contribution in [0.5, 0.6) is 0 Å². The maximum Gasteiger partial charge on any atom is 0.226 e. The molecular formula is C20H25N5O2. The summed E-state index contributed by atoms with van der Waals surface area (Å²) in [4.78, 5) is 14.3. The standard InChI is InChI=1S/C20H25N5O2/c26-20(17-12-16-10-11-18(17)27-16)21-14-6-8-15(9-7-14)25-23-19(22-24-25)13-4-2-1-3-5-13/h1-5,14-18H,6-12H2,(H,21,26)/t14?,15?,16-,17+,18+/m0/s1. The van der Waals surface area contributed by atoms with Gasteiger partial charge in [-0.3, -0.25) is 4.79 Å². The first-order valence-corrected chi connectivity index (χ1v) is 10.1. The number of ether oxygens (including phenoxy) is 1.